The molecule has 0 spiro atoms. The number of carbonyl (C=O) groups is 1. The number of anilines is 3. The minimum absolute atomic E-state index is 0.115. The number of nitrogens with zero attached hydrogens (tertiary/aromatic N) is 3. The van der Waals surface area contributed by atoms with Crippen molar-refractivity contribution in [1.29, 1.82) is 0 Å². The topological polar surface area (TPSA) is 116 Å². The number of methoxy groups -OCH3 is 2. The predicted molar refractivity (Wildman–Crippen MR) is 163 cm³/mol. The van der Waals surface area contributed by atoms with Crippen LogP contribution in [0.2, 0.25) is 0 Å². The monoisotopic (exact) mass is 601 g/mol. The summed E-state index contributed by atoms with van der Waals surface area (Å²) in [6, 6.07) is 12.2. The fourth-order valence-corrected chi connectivity index (χ4v) is 5.26. The first-order chi connectivity index (χ1) is 21.3. The maximum absolute atomic E-state index is 14.9. The van der Waals surface area contributed by atoms with E-state index in [-0.39, 0.29) is 18.5 Å². The molecule has 44 heavy (non-hydrogen) atoms. The highest BCUT2D eigenvalue weighted by molar-refractivity contribution is 6.05. The number of aromatic nitrogens is 2. The van der Waals surface area contributed by atoms with E-state index < -0.39 is 11.7 Å². The molecule has 3 heterocycles. The second kappa shape index (κ2) is 12.3. The number of benzene rings is 3. The molecule has 2 aliphatic heterocycles. The second-order valence-electron chi connectivity index (χ2n) is 10.5. The maximum Gasteiger partial charge on any atom is 0.284 e. The van der Waals surface area contributed by atoms with Crippen molar-refractivity contribution in [3.05, 3.63) is 66.3 Å². The molecule has 1 fully saturated rings. The van der Waals surface area contributed by atoms with Crippen LogP contribution in [0, 0.1) is 6.92 Å². The molecule has 0 bridgehead atoms. The standard InChI is InChI=1S/C32H32FN5O6/c1-18-10-24(29(41-4)15-27(18)44-20-7-8-26-30(12-20)43-17-42-26)36-31-21-13-25(28(40-3)14-23(21)34-16-35-31)37-32(39)22(33)11-19-6-5-9-38(19)2/h7-8,10-16,19H,5-6,9,17H2,1-4H3,(H,37,39)(H,34,35,36)/b22-11+/t19-/m1/s1. The van der Waals surface area contributed by atoms with E-state index in [1.165, 1.54) is 19.5 Å². The van der Waals surface area contributed by atoms with Gasteiger partial charge in [0, 0.05) is 29.6 Å². The molecule has 11 nitrogen and oxygen atoms in total. The first-order valence-corrected chi connectivity index (χ1v) is 14.1. The molecule has 1 saturated heterocycles. The number of rotatable bonds is 9. The summed E-state index contributed by atoms with van der Waals surface area (Å²) in [5.74, 6) is 2.04. The Morgan fingerprint density at radius 2 is 1.82 bits per heavy atom. The van der Waals surface area contributed by atoms with Gasteiger partial charge in [0.05, 0.1) is 31.1 Å². The van der Waals surface area contributed by atoms with Gasteiger partial charge in [-0.3, -0.25) is 9.69 Å². The van der Waals surface area contributed by atoms with Crippen molar-refractivity contribution in [2.24, 2.45) is 0 Å². The van der Waals surface area contributed by atoms with Gasteiger partial charge in [-0.2, -0.15) is 0 Å². The van der Waals surface area contributed by atoms with Crippen molar-refractivity contribution < 1.29 is 32.9 Å². The Bertz CT molecular complexity index is 1760. The zero-order valence-electron chi connectivity index (χ0n) is 24.8. The summed E-state index contributed by atoms with van der Waals surface area (Å²) in [5.41, 5.74) is 2.29. The average molecular weight is 602 g/mol. The van der Waals surface area contributed by atoms with E-state index in [9.17, 15) is 9.18 Å². The Kier molecular flexibility index (Phi) is 8.07. The van der Waals surface area contributed by atoms with Crippen LogP contribution in [0.5, 0.6) is 34.5 Å². The lowest BCUT2D eigenvalue weighted by molar-refractivity contribution is -0.114. The molecular weight excluding hydrogens is 569 g/mol. The third-order valence-electron chi connectivity index (χ3n) is 7.66. The summed E-state index contributed by atoms with van der Waals surface area (Å²) in [5, 5.41) is 6.53. The number of fused-ring (bicyclic) bond motifs is 2. The van der Waals surface area contributed by atoms with Crippen molar-refractivity contribution in [2.45, 2.75) is 25.8 Å². The van der Waals surface area contributed by atoms with Crippen molar-refractivity contribution in [1.82, 2.24) is 14.9 Å². The van der Waals surface area contributed by atoms with Crippen LogP contribution in [-0.2, 0) is 4.79 Å². The highest BCUT2D eigenvalue weighted by atomic mass is 19.1. The first-order valence-electron chi connectivity index (χ1n) is 14.1. The van der Waals surface area contributed by atoms with Gasteiger partial charge in [-0.25, -0.2) is 14.4 Å². The number of nitrogens with one attached hydrogen (secondary N) is 2. The van der Waals surface area contributed by atoms with E-state index in [1.807, 2.05) is 24.9 Å². The molecule has 0 saturated carbocycles. The van der Waals surface area contributed by atoms with Gasteiger partial charge in [0.25, 0.3) is 5.91 Å². The number of likely N-dealkylation sites (tertiary alicyclic amines) is 1. The minimum atomic E-state index is -0.857. The van der Waals surface area contributed by atoms with E-state index in [2.05, 4.69) is 20.6 Å². The molecule has 0 unspecified atom stereocenters. The molecule has 2 N–H and O–H groups in total. The molecule has 0 radical (unpaired) electrons. The molecule has 1 aromatic heterocycles. The van der Waals surface area contributed by atoms with Crippen LogP contribution in [0.25, 0.3) is 10.9 Å². The van der Waals surface area contributed by atoms with E-state index in [1.54, 1.807) is 43.5 Å². The van der Waals surface area contributed by atoms with Gasteiger partial charge >= 0.3 is 0 Å². The normalized spacial score (nSPS) is 16.2. The molecule has 6 rings (SSSR count). The summed E-state index contributed by atoms with van der Waals surface area (Å²) < 4.78 is 43.0. The average Bonchev–Trinajstić information content (AvgIpc) is 3.66. The Morgan fingerprint density at radius 3 is 2.59 bits per heavy atom. The third-order valence-corrected chi connectivity index (χ3v) is 7.66. The molecule has 1 atom stereocenters. The molecular formula is C32H32FN5O6. The van der Waals surface area contributed by atoms with Gasteiger partial charge in [0.1, 0.15) is 35.1 Å². The van der Waals surface area contributed by atoms with Crippen molar-refractivity contribution in [3.8, 4) is 34.5 Å². The number of hydrogen-bond acceptors (Lipinski definition) is 10. The van der Waals surface area contributed by atoms with Crippen LogP contribution < -0.4 is 34.3 Å². The lowest BCUT2D eigenvalue weighted by atomic mass is 10.1. The van der Waals surface area contributed by atoms with Crippen LogP contribution in [0.3, 0.4) is 0 Å². The van der Waals surface area contributed by atoms with Gasteiger partial charge in [0.2, 0.25) is 6.79 Å². The lowest BCUT2D eigenvalue weighted by Gasteiger charge is -2.17. The Labute approximate surface area is 253 Å². The van der Waals surface area contributed by atoms with Crippen molar-refractivity contribution >= 4 is 34.0 Å². The van der Waals surface area contributed by atoms with Crippen LogP contribution in [0.15, 0.2) is 60.7 Å². The Morgan fingerprint density at radius 1 is 1.02 bits per heavy atom. The summed E-state index contributed by atoms with van der Waals surface area (Å²) in [4.78, 5) is 23.6. The van der Waals surface area contributed by atoms with Crippen molar-refractivity contribution in [2.75, 3.05) is 45.2 Å². The van der Waals surface area contributed by atoms with Crippen molar-refractivity contribution in [3.63, 3.8) is 0 Å². The zero-order chi connectivity index (χ0) is 30.8. The number of aryl methyl sites for hydroxylation is 1. The fraction of sp³-hybridized carbons (Fsp3) is 0.281. The summed E-state index contributed by atoms with van der Waals surface area (Å²) in [6.07, 6.45) is 4.54. The van der Waals surface area contributed by atoms with Crippen LogP contribution in [-0.4, -0.2) is 61.4 Å². The SMILES string of the molecule is COc1cc2ncnc(Nc3cc(C)c(Oc4ccc5c(c4)OCO5)cc3OC)c2cc1NC(=O)/C(F)=C\[C@H]1CCCN1C. The summed E-state index contributed by atoms with van der Waals surface area (Å²) >= 11 is 0. The van der Waals surface area contributed by atoms with Crippen LogP contribution >= 0.6 is 0 Å². The molecule has 2 aliphatic rings. The predicted octanol–water partition coefficient (Wildman–Crippen LogP) is 6.11. The van der Waals surface area contributed by atoms with Gasteiger partial charge in [-0.05, 0) is 69.3 Å². The molecule has 1 amide bonds. The van der Waals surface area contributed by atoms with E-state index in [0.717, 1.165) is 24.9 Å². The highest BCUT2D eigenvalue weighted by Crippen LogP contribution is 2.41. The lowest BCUT2D eigenvalue weighted by Crippen LogP contribution is -2.24. The molecule has 0 aliphatic carbocycles. The highest BCUT2D eigenvalue weighted by Gasteiger charge is 2.23. The third kappa shape index (κ3) is 5.88. The number of ether oxygens (including phenoxy) is 5. The number of amides is 1. The first kappa shape index (κ1) is 29.0. The number of halogens is 1. The minimum Gasteiger partial charge on any atom is -0.494 e. The van der Waals surface area contributed by atoms with Crippen LogP contribution in [0.1, 0.15) is 18.4 Å². The van der Waals surface area contributed by atoms with E-state index >= 15 is 0 Å². The number of carbonyl (C=O) groups excluding carboxylic acids is 1. The number of likely N-dealkylation sites (N-methyl/N-ethyl adjacent to an activating group) is 1. The zero-order valence-corrected chi connectivity index (χ0v) is 24.8. The summed E-state index contributed by atoms with van der Waals surface area (Å²) in [6.45, 7) is 2.95. The molecule has 3 aromatic carbocycles. The quantitative estimate of drug-likeness (QED) is 0.218. The van der Waals surface area contributed by atoms with Gasteiger partial charge in [0.15, 0.2) is 17.3 Å². The maximum atomic E-state index is 14.9. The van der Waals surface area contributed by atoms with Gasteiger partial charge < -0.3 is 34.3 Å². The van der Waals surface area contributed by atoms with E-state index in [0.29, 0.717) is 56.9 Å². The molecule has 228 valence electrons. The Hall–Kier alpha value is -5.10. The van der Waals surface area contributed by atoms with E-state index in [4.69, 9.17) is 23.7 Å². The summed E-state index contributed by atoms with van der Waals surface area (Å²) in [7, 11) is 4.94. The van der Waals surface area contributed by atoms with Gasteiger partial charge in [-0.1, -0.05) is 0 Å². The largest absolute Gasteiger partial charge is 0.494 e. The number of hydrogen-bond donors (Lipinski definition) is 2. The smallest absolute Gasteiger partial charge is 0.284 e. The fourth-order valence-electron chi connectivity index (χ4n) is 5.26. The van der Waals surface area contributed by atoms with Crippen LogP contribution in [0.4, 0.5) is 21.6 Å². The molecule has 12 heteroatoms. The molecule has 4 aromatic rings. The second-order valence-corrected chi connectivity index (χ2v) is 10.5. The van der Waals surface area contributed by atoms with Gasteiger partial charge in [-0.15, -0.1) is 0 Å². The Balaban J connectivity index is 1.27.